The Hall–Kier alpha value is -0.708. The van der Waals surface area contributed by atoms with E-state index in [0.717, 1.165) is 50.9 Å². The number of thiol groups is 2. The third kappa shape index (κ3) is 9.76. The van der Waals surface area contributed by atoms with E-state index in [4.69, 9.17) is 4.74 Å². The van der Waals surface area contributed by atoms with Crippen LogP contribution in [0.4, 0.5) is 4.39 Å². The largest absolute Gasteiger partial charge is 2.00 e. The molecule has 211 valence electrons. The van der Waals surface area contributed by atoms with E-state index < -0.39 is 0 Å². The van der Waals surface area contributed by atoms with E-state index in [1.807, 2.05) is 12.1 Å². The van der Waals surface area contributed by atoms with Crippen LogP contribution in [-0.4, -0.2) is 91.8 Å². The molecule has 2 heterocycles. The Morgan fingerprint density at radius 3 is 2.51 bits per heavy atom. The number of carbonyl (C=O) groups is 2. The van der Waals surface area contributed by atoms with Gasteiger partial charge in [0, 0.05) is 64.2 Å². The number of carbonyl (C=O) groups excluding carboxylic acids is 2. The maximum atomic E-state index is 13.6. The van der Waals surface area contributed by atoms with Gasteiger partial charge in [-0.05, 0) is 62.4 Å². The summed E-state index contributed by atoms with van der Waals surface area (Å²) in [4.78, 5) is 30.1. The van der Waals surface area contributed by atoms with Gasteiger partial charge in [0.25, 0.3) is 0 Å². The summed E-state index contributed by atoms with van der Waals surface area (Å²) >= 11 is 8.50. The second-order valence-corrected chi connectivity index (χ2v) is 10.3. The van der Waals surface area contributed by atoms with Crippen LogP contribution in [0, 0.1) is 11.7 Å². The first-order valence-corrected chi connectivity index (χ1v) is 13.7. The van der Waals surface area contributed by atoms with Gasteiger partial charge in [-0.15, -0.1) is 0 Å². The van der Waals surface area contributed by atoms with Crippen LogP contribution in [0.15, 0.2) is 24.3 Å². The molecule has 3 rings (SSSR count). The number of fused-ring (bicyclic) bond motifs is 2. The van der Waals surface area contributed by atoms with Crippen molar-refractivity contribution in [2.24, 2.45) is 5.92 Å². The first-order valence-electron chi connectivity index (χ1n) is 12.5. The van der Waals surface area contributed by atoms with Gasteiger partial charge in [-0.1, -0.05) is 12.1 Å². The van der Waals surface area contributed by atoms with Gasteiger partial charge in [0.05, 0.1) is 12.5 Å². The van der Waals surface area contributed by atoms with E-state index in [9.17, 15) is 14.0 Å². The Kier molecular flexibility index (Phi) is 16.5. The number of ether oxygens (including phenoxy) is 1. The molecule has 2 saturated heterocycles. The van der Waals surface area contributed by atoms with Crippen LogP contribution in [0.25, 0.3) is 0 Å². The molecular formula is C25H39FN4O4ReS2-2. The molecule has 0 aromatic heterocycles. The van der Waals surface area contributed by atoms with Crippen LogP contribution in [0.1, 0.15) is 37.2 Å². The predicted molar refractivity (Wildman–Crippen MR) is 143 cm³/mol. The minimum Gasteiger partial charge on any atom is -2.00 e. The third-order valence-corrected chi connectivity index (χ3v) is 7.59. The van der Waals surface area contributed by atoms with Crippen molar-refractivity contribution in [1.29, 1.82) is 0 Å². The van der Waals surface area contributed by atoms with Crippen molar-refractivity contribution in [2.75, 3.05) is 58.1 Å². The minimum absolute atomic E-state index is 0. The number of piperidine rings is 1. The van der Waals surface area contributed by atoms with E-state index in [0.29, 0.717) is 30.6 Å². The van der Waals surface area contributed by atoms with Crippen molar-refractivity contribution in [3.8, 4) is 0 Å². The molecule has 2 amide bonds. The van der Waals surface area contributed by atoms with Crippen molar-refractivity contribution in [1.82, 2.24) is 20.4 Å². The normalized spacial score (nSPS) is 22.7. The maximum absolute atomic E-state index is 13.6. The summed E-state index contributed by atoms with van der Waals surface area (Å²) in [6.07, 6.45) is 3.82. The quantitative estimate of drug-likeness (QED) is 0.174. The standard InChI is InChI=1S/C25H39FN4O3S2.O.Re/c1-33-17-28-25(32)24-21(18-3-5-19(26)6-4-18)15-20-7-8-22(24)30(20)11-2-10-29(12-14-35)16-23(31)27-9-13-34;;/h3-6,20-22,24,34-35H,2,7-17H2,1H3,(H,27,31)(H,28,32);;/q;-2;/t20?,21?,22-,24?;;/m1../s1. The van der Waals surface area contributed by atoms with E-state index in [2.05, 4.69) is 45.7 Å². The van der Waals surface area contributed by atoms with Crippen LogP contribution in [0.2, 0.25) is 0 Å². The van der Waals surface area contributed by atoms with Gasteiger partial charge < -0.3 is 20.8 Å². The average molecular weight is 729 g/mol. The summed E-state index contributed by atoms with van der Waals surface area (Å²) in [5.74, 6) is 0.890. The summed E-state index contributed by atoms with van der Waals surface area (Å²) in [6.45, 7) is 3.52. The summed E-state index contributed by atoms with van der Waals surface area (Å²) in [7, 11) is 1.56. The minimum atomic E-state index is -0.264. The summed E-state index contributed by atoms with van der Waals surface area (Å²) in [5, 5.41) is 5.79. The zero-order valence-corrected chi connectivity index (χ0v) is 25.8. The molecule has 0 aliphatic carbocycles. The molecule has 2 aliphatic rings. The summed E-state index contributed by atoms with van der Waals surface area (Å²) in [6, 6.07) is 7.14. The van der Waals surface area contributed by atoms with E-state index in [1.54, 1.807) is 7.11 Å². The number of amides is 2. The number of benzene rings is 1. The Balaban J connectivity index is 0.00000342. The molecule has 3 unspecified atom stereocenters. The third-order valence-electron chi connectivity index (χ3n) is 7.16. The fourth-order valence-electron chi connectivity index (χ4n) is 5.68. The number of halogens is 1. The molecule has 1 aromatic carbocycles. The van der Waals surface area contributed by atoms with Crippen molar-refractivity contribution in [3.63, 3.8) is 0 Å². The van der Waals surface area contributed by atoms with Crippen molar-refractivity contribution >= 4 is 37.1 Å². The van der Waals surface area contributed by atoms with Crippen molar-refractivity contribution < 1.29 is 44.6 Å². The molecule has 1 aromatic rings. The first-order chi connectivity index (χ1) is 17.0. The molecule has 0 spiro atoms. The second-order valence-electron chi connectivity index (χ2n) is 9.36. The zero-order valence-electron chi connectivity index (χ0n) is 21.3. The zero-order chi connectivity index (χ0) is 25.2. The van der Waals surface area contributed by atoms with Crippen molar-refractivity contribution in [3.05, 3.63) is 35.6 Å². The van der Waals surface area contributed by atoms with Gasteiger partial charge in [-0.25, -0.2) is 4.39 Å². The van der Waals surface area contributed by atoms with E-state index >= 15 is 0 Å². The Morgan fingerprint density at radius 1 is 1.14 bits per heavy atom. The van der Waals surface area contributed by atoms with Crippen LogP contribution >= 0.6 is 25.3 Å². The van der Waals surface area contributed by atoms with Gasteiger partial charge in [0.2, 0.25) is 11.8 Å². The number of nitrogens with zero attached hydrogens (tertiary/aromatic N) is 2. The SMILES string of the molecule is COCNC(=O)C1C(c2ccc(F)cc2)CC2CC[C@H]1N2CCCN(CCS)CC(=O)NCCS.[O-2].[Re]. The number of hydrogen-bond acceptors (Lipinski definition) is 7. The molecule has 2 aliphatic heterocycles. The molecule has 2 N–H and O–H groups in total. The first kappa shape index (κ1) is 34.3. The smallest absolute Gasteiger partial charge is 0.234 e. The van der Waals surface area contributed by atoms with Gasteiger partial charge in [0.15, 0.2) is 0 Å². The fraction of sp³-hybridized carbons (Fsp3) is 0.680. The van der Waals surface area contributed by atoms with Crippen LogP contribution in [-0.2, 0) is 40.2 Å². The molecule has 12 heteroatoms. The Labute approximate surface area is 244 Å². The molecule has 37 heavy (non-hydrogen) atoms. The van der Waals surface area contributed by atoms with Gasteiger partial charge in [-0.2, -0.15) is 25.3 Å². The number of methoxy groups -OCH3 is 1. The number of rotatable bonds is 14. The van der Waals surface area contributed by atoms with Crippen LogP contribution in [0.3, 0.4) is 0 Å². The molecule has 4 atom stereocenters. The molecular weight excluding hydrogens is 690 g/mol. The molecule has 8 nitrogen and oxygen atoms in total. The summed E-state index contributed by atoms with van der Waals surface area (Å²) in [5.41, 5.74) is 1.02. The van der Waals surface area contributed by atoms with Crippen LogP contribution in [0.5, 0.6) is 0 Å². The fourth-order valence-corrected chi connectivity index (χ4v) is 6.07. The van der Waals surface area contributed by atoms with Gasteiger partial charge >= 0.3 is 0 Å². The number of hydrogen-bond donors (Lipinski definition) is 4. The van der Waals surface area contributed by atoms with Gasteiger partial charge in [0.1, 0.15) is 12.5 Å². The molecule has 2 bridgehead atoms. The summed E-state index contributed by atoms with van der Waals surface area (Å²) < 4.78 is 18.7. The monoisotopic (exact) mass is 729 g/mol. The molecule has 2 fully saturated rings. The van der Waals surface area contributed by atoms with E-state index in [-0.39, 0.29) is 68.1 Å². The van der Waals surface area contributed by atoms with Crippen LogP contribution < -0.4 is 10.6 Å². The van der Waals surface area contributed by atoms with Crippen molar-refractivity contribution in [2.45, 2.75) is 43.7 Å². The maximum Gasteiger partial charge on any atom is 0.234 e. The Morgan fingerprint density at radius 2 is 1.86 bits per heavy atom. The molecule has 0 saturated carbocycles. The second kappa shape index (κ2) is 17.8. The predicted octanol–water partition coefficient (Wildman–Crippen LogP) is 2.03. The molecule has 1 radical (unpaired) electrons. The topological polar surface area (TPSA) is 102 Å². The number of nitrogens with one attached hydrogen (secondary N) is 2. The van der Waals surface area contributed by atoms with E-state index in [1.165, 1.54) is 12.1 Å². The average Bonchev–Trinajstić information content (AvgIpc) is 3.12. The Bertz CT molecular complexity index is 826. The van der Waals surface area contributed by atoms with Gasteiger partial charge in [-0.3, -0.25) is 19.4 Å².